The fourth-order valence-corrected chi connectivity index (χ4v) is 8.26. The molecule has 9 nitrogen and oxygen atoms in total. The standard InChI is InChI=1S/C38H44O9/c1-21(2)9-8-14-36(7)15-13-25-30(41)29-31(42)27-17-23-18-28-35(5,6)47-37(34(23)43,16-12-24(19-39)44-20-40)38(27,28)46-33(29)26(32(25)45-36)11-10-22(3)4/h9-10,12-13,15,17,20,23,28,39,41H,8,11,14,16,18-19H2,1-7H3/b24-12-/t23?,28?,36-,37-,38+/m0/s1. The third kappa shape index (κ3) is 4.84. The Morgan fingerprint density at radius 1 is 1.04 bits per heavy atom. The quantitative estimate of drug-likeness (QED) is 0.172. The maximum atomic E-state index is 14.8. The molecule has 1 aromatic carbocycles. The summed E-state index contributed by atoms with van der Waals surface area (Å²) in [6.07, 6.45) is 13.2. The number of aliphatic hydroxyl groups excluding tert-OH is 1. The first-order valence-corrected chi connectivity index (χ1v) is 16.3. The Balaban J connectivity index is 1.58. The van der Waals surface area contributed by atoms with E-state index in [0.29, 0.717) is 36.1 Å². The second-order valence-electron chi connectivity index (χ2n) is 14.6. The molecule has 1 saturated heterocycles. The van der Waals surface area contributed by atoms with E-state index >= 15 is 0 Å². The van der Waals surface area contributed by atoms with Gasteiger partial charge in [0.25, 0.3) is 6.47 Å². The number of phenolic OH excluding ortho intramolecular Hbond substituents is 1. The maximum absolute atomic E-state index is 14.8. The summed E-state index contributed by atoms with van der Waals surface area (Å²) in [4.78, 5) is 40.2. The number of ketones is 2. The average molecular weight is 645 g/mol. The first-order valence-electron chi connectivity index (χ1n) is 16.3. The fourth-order valence-electron chi connectivity index (χ4n) is 8.26. The van der Waals surface area contributed by atoms with E-state index in [1.54, 1.807) is 6.08 Å². The Morgan fingerprint density at radius 3 is 2.43 bits per heavy atom. The van der Waals surface area contributed by atoms with Crippen molar-refractivity contribution in [3.05, 3.63) is 69.5 Å². The van der Waals surface area contributed by atoms with E-state index in [1.807, 2.05) is 52.8 Å². The normalized spacial score (nSPS) is 30.7. The number of benzene rings is 1. The molecule has 9 heteroatoms. The van der Waals surface area contributed by atoms with Crippen LogP contribution in [-0.2, 0) is 25.5 Å². The molecule has 2 N–H and O–H groups in total. The van der Waals surface area contributed by atoms with E-state index in [-0.39, 0.29) is 47.1 Å². The summed E-state index contributed by atoms with van der Waals surface area (Å²) in [5, 5.41) is 21.6. The first-order chi connectivity index (χ1) is 22.1. The lowest BCUT2D eigenvalue weighted by Gasteiger charge is -2.56. The first kappa shape index (κ1) is 33.0. The zero-order chi connectivity index (χ0) is 34.1. The van der Waals surface area contributed by atoms with E-state index in [4.69, 9.17) is 18.9 Å². The highest BCUT2D eigenvalue weighted by atomic mass is 16.6. The molecule has 1 saturated carbocycles. The van der Waals surface area contributed by atoms with Crippen LogP contribution in [0, 0.1) is 11.8 Å². The van der Waals surface area contributed by atoms with Gasteiger partial charge in [-0.1, -0.05) is 29.4 Å². The smallest absolute Gasteiger partial charge is 0.298 e. The third-order valence-corrected chi connectivity index (χ3v) is 10.4. The zero-order valence-corrected chi connectivity index (χ0v) is 28.2. The van der Waals surface area contributed by atoms with Crippen LogP contribution in [-0.4, -0.2) is 57.3 Å². The lowest BCUT2D eigenvalue weighted by atomic mass is 9.51. The summed E-state index contributed by atoms with van der Waals surface area (Å²) >= 11 is 0. The molecule has 2 fully saturated rings. The van der Waals surface area contributed by atoms with Gasteiger partial charge < -0.3 is 29.2 Å². The van der Waals surface area contributed by atoms with E-state index in [9.17, 15) is 24.6 Å². The Bertz CT molecular complexity index is 1710. The Morgan fingerprint density at radius 2 is 1.77 bits per heavy atom. The maximum Gasteiger partial charge on any atom is 0.298 e. The highest BCUT2D eigenvalue weighted by Gasteiger charge is 2.81. The van der Waals surface area contributed by atoms with E-state index < -0.39 is 46.6 Å². The molecule has 1 spiro atoms. The van der Waals surface area contributed by atoms with Crippen LogP contribution in [0.15, 0.2) is 52.9 Å². The van der Waals surface area contributed by atoms with Crippen molar-refractivity contribution < 1.29 is 43.5 Å². The van der Waals surface area contributed by atoms with Crippen LogP contribution in [0.4, 0.5) is 0 Å². The molecule has 0 amide bonds. The fraction of sp³-hybridized carbons (Fsp3) is 0.500. The van der Waals surface area contributed by atoms with Gasteiger partial charge in [0.05, 0.1) is 11.2 Å². The lowest BCUT2D eigenvalue weighted by molar-refractivity contribution is -0.171. The number of ether oxygens (including phenoxy) is 4. The largest absolute Gasteiger partial charge is 0.506 e. The molecular formula is C38H44O9. The van der Waals surface area contributed by atoms with Gasteiger partial charge in [-0.15, -0.1) is 0 Å². The van der Waals surface area contributed by atoms with Gasteiger partial charge in [-0.25, -0.2) is 0 Å². The van der Waals surface area contributed by atoms with Gasteiger partial charge >= 0.3 is 0 Å². The Hall–Kier alpha value is -3.95. The second kappa shape index (κ2) is 11.3. The van der Waals surface area contributed by atoms with Crippen molar-refractivity contribution in [2.75, 3.05) is 6.61 Å². The van der Waals surface area contributed by atoms with Gasteiger partial charge in [0, 0.05) is 29.4 Å². The number of hydrogen-bond acceptors (Lipinski definition) is 9. The number of rotatable bonds is 10. The van der Waals surface area contributed by atoms with Crippen molar-refractivity contribution >= 4 is 24.1 Å². The van der Waals surface area contributed by atoms with Crippen molar-refractivity contribution in [3.63, 3.8) is 0 Å². The van der Waals surface area contributed by atoms with E-state index in [1.165, 1.54) is 11.6 Å². The molecule has 0 aromatic heterocycles. The molecule has 2 unspecified atom stereocenters. The average Bonchev–Trinajstić information content (AvgIpc) is 3.15. The van der Waals surface area contributed by atoms with Crippen molar-refractivity contribution in [2.45, 2.75) is 103 Å². The monoisotopic (exact) mass is 644 g/mol. The SMILES string of the molecule is CC(C)=CCC[C@@]1(C)C=Cc2c(O)c3c(c(CC=C(C)C)c2O1)O[C@]12C(=CC4CC1C(C)(C)O[C@@]2(C/C=C(/CO)OC=O)C4=O)C3=O. The highest BCUT2D eigenvalue weighted by molar-refractivity contribution is 6.19. The van der Waals surface area contributed by atoms with Crippen LogP contribution in [0.3, 0.4) is 0 Å². The Kier molecular flexibility index (Phi) is 7.95. The van der Waals surface area contributed by atoms with Crippen LogP contribution in [0.25, 0.3) is 6.08 Å². The molecule has 4 bridgehead atoms. The van der Waals surface area contributed by atoms with Crippen molar-refractivity contribution in [1.29, 1.82) is 0 Å². The predicted octanol–water partition coefficient (Wildman–Crippen LogP) is 6.26. The van der Waals surface area contributed by atoms with Crippen molar-refractivity contribution in [3.8, 4) is 17.2 Å². The predicted molar refractivity (Wildman–Crippen MR) is 175 cm³/mol. The summed E-state index contributed by atoms with van der Waals surface area (Å²) < 4.78 is 25.6. The van der Waals surface area contributed by atoms with Crippen LogP contribution < -0.4 is 9.47 Å². The van der Waals surface area contributed by atoms with Crippen LogP contribution in [0.1, 0.15) is 95.6 Å². The molecule has 1 aromatic rings. The summed E-state index contributed by atoms with van der Waals surface area (Å²) in [5.74, 6) is -1.31. The molecule has 47 heavy (non-hydrogen) atoms. The minimum absolute atomic E-state index is 0.0403. The van der Waals surface area contributed by atoms with E-state index in [2.05, 4.69) is 19.9 Å². The Labute approximate surface area is 275 Å². The molecule has 5 atom stereocenters. The summed E-state index contributed by atoms with van der Waals surface area (Å²) in [6.45, 7) is 13.5. The number of allylic oxidation sites excluding steroid dienone is 5. The lowest BCUT2D eigenvalue weighted by Crippen LogP contribution is -2.72. The third-order valence-electron chi connectivity index (χ3n) is 10.4. The van der Waals surface area contributed by atoms with Gasteiger partial charge in [0.1, 0.15) is 40.8 Å². The highest BCUT2D eigenvalue weighted by Crippen LogP contribution is 2.68. The zero-order valence-electron chi connectivity index (χ0n) is 28.2. The van der Waals surface area contributed by atoms with Gasteiger partial charge in [0.2, 0.25) is 0 Å². The number of Topliss-reactive ketones (excluding diaryl/α,β-unsaturated/α-hetero) is 2. The van der Waals surface area contributed by atoms with Crippen LogP contribution in [0.5, 0.6) is 17.2 Å². The summed E-state index contributed by atoms with van der Waals surface area (Å²) in [5.41, 5.74) is -1.16. The molecule has 3 heterocycles. The van der Waals surface area contributed by atoms with Crippen LogP contribution in [0.2, 0.25) is 0 Å². The van der Waals surface area contributed by atoms with Gasteiger partial charge in [-0.05, 0) is 92.4 Å². The number of carbonyl (C=O) groups excluding carboxylic acids is 3. The number of aromatic hydroxyl groups is 1. The minimum atomic E-state index is -1.66. The molecule has 3 aliphatic heterocycles. The van der Waals surface area contributed by atoms with Gasteiger partial charge in [0.15, 0.2) is 22.8 Å². The molecule has 6 aliphatic rings. The number of phenols is 1. The van der Waals surface area contributed by atoms with E-state index in [0.717, 1.165) is 12.0 Å². The number of carbonyl (C=O) groups is 3. The molecule has 250 valence electrons. The number of fused-ring (bicyclic) bond motifs is 2. The number of aliphatic hydroxyl groups is 1. The molecule has 7 rings (SSSR count). The summed E-state index contributed by atoms with van der Waals surface area (Å²) in [7, 11) is 0. The summed E-state index contributed by atoms with van der Waals surface area (Å²) in [6, 6.07) is 0. The topological polar surface area (TPSA) is 129 Å². The van der Waals surface area contributed by atoms with Gasteiger partial charge in [-0.2, -0.15) is 0 Å². The minimum Gasteiger partial charge on any atom is -0.506 e. The van der Waals surface area contributed by atoms with Crippen LogP contribution >= 0.6 is 0 Å². The second-order valence-corrected chi connectivity index (χ2v) is 14.6. The van der Waals surface area contributed by atoms with Crippen molar-refractivity contribution in [1.82, 2.24) is 0 Å². The van der Waals surface area contributed by atoms with Gasteiger partial charge in [-0.3, -0.25) is 14.4 Å². The van der Waals surface area contributed by atoms with Crippen molar-refractivity contribution in [2.24, 2.45) is 11.8 Å². The molecule has 0 radical (unpaired) electrons. The molecular weight excluding hydrogens is 600 g/mol. The molecule has 3 aliphatic carbocycles. The number of hydrogen-bond donors (Lipinski definition) is 2.